The number of aryl methyl sites for hydroxylation is 2. The maximum Gasteiger partial charge on any atom is 0.205 e. The van der Waals surface area contributed by atoms with Crippen LogP contribution in [0, 0.1) is 13.8 Å². The largest absolute Gasteiger partial charge is 0.486 e. The van der Waals surface area contributed by atoms with E-state index in [1.54, 1.807) is 18.4 Å². The van der Waals surface area contributed by atoms with E-state index >= 15 is 0 Å². The highest BCUT2D eigenvalue weighted by Crippen LogP contribution is 2.31. The van der Waals surface area contributed by atoms with Crippen molar-refractivity contribution < 1.29 is 9.47 Å². The van der Waals surface area contributed by atoms with Crippen molar-refractivity contribution in [2.45, 2.75) is 20.8 Å². The summed E-state index contributed by atoms with van der Waals surface area (Å²) in [6, 6.07) is 12.4. The Labute approximate surface area is 168 Å². The third kappa shape index (κ3) is 3.47. The van der Waals surface area contributed by atoms with Gasteiger partial charge in [0.05, 0.1) is 11.4 Å². The number of benzene rings is 2. The molecule has 0 atom stereocenters. The second kappa shape index (κ2) is 7.64. The molecule has 0 saturated carbocycles. The lowest BCUT2D eigenvalue weighted by Gasteiger charge is -2.18. The topological polar surface area (TPSA) is 48.1 Å². The second-order valence-corrected chi connectivity index (χ2v) is 7.62. The maximum absolute atomic E-state index is 5.71. The van der Waals surface area contributed by atoms with E-state index in [0.29, 0.717) is 13.2 Å². The summed E-state index contributed by atoms with van der Waals surface area (Å²) in [6.07, 6.45) is 0. The zero-order chi connectivity index (χ0) is 19.7. The number of hydrogen-bond donors (Lipinski definition) is 0. The number of hydrogen-bond acceptors (Lipinski definition) is 5. The van der Waals surface area contributed by atoms with Gasteiger partial charge in [-0.2, -0.15) is 5.10 Å². The van der Waals surface area contributed by atoms with Gasteiger partial charge in [-0.15, -0.1) is 11.3 Å². The van der Waals surface area contributed by atoms with Crippen LogP contribution in [0.2, 0.25) is 0 Å². The normalized spacial score (nSPS) is 14.4. The van der Waals surface area contributed by atoms with E-state index in [2.05, 4.69) is 42.4 Å². The molecule has 0 radical (unpaired) electrons. The molecule has 3 aromatic rings. The third-order valence-electron chi connectivity index (χ3n) is 4.89. The molecule has 144 valence electrons. The Morgan fingerprint density at radius 1 is 1.00 bits per heavy atom. The fraction of sp³-hybridized carbons (Fsp3) is 0.273. The highest BCUT2D eigenvalue weighted by Gasteiger charge is 2.14. The number of rotatable bonds is 3. The van der Waals surface area contributed by atoms with Crippen LogP contribution in [0.1, 0.15) is 23.6 Å². The van der Waals surface area contributed by atoms with E-state index in [1.165, 1.54) is 11.1 Å². The monoisotopic (exact) mass is 393 g/mol. The predicted octanol–water partition coefficient (Wildman–Crippen LogP) is 4.41. The molecule has 2 heterocycles. The Bertz CT molecular complexity index is 1130. The molecule has 0 aliphatic carbocycles. The van der Waals surface area contributed by atoms with Crippen LogP contribution in [-0.4, -0.2) is 30.6 Å². The molecule has 2 aromatic carbocycles. The first-order chi connectivity index (χ1) is 13.6. The SMILES string of the molecule is CN=c1scc(-c2ccc(C)c(C)c2)n1N=C(C)c1ccc2c(c1)OCCO2. The zero-order valence-electron chi connectivity index (χ0n) is 16.5. The molecule has 1 aliphatic heterocycles. The molecule has 0 unspecified atom stereocenters. The smallest absolute Gasteiger partial charge is 0.205 e. The number of thiazole rings is 1. The van der Waals surface area contributed by atoms with E-state index in [0.717, 1.165) is 38.8 Å². The first-order valence-corrected chi connectivity index (χ1v) is 10.1. The summed E-state index contributed by atoms with van der Waals surface area (Å²) in [7, 11) is 1.79. The van der Waals surface area contributed by atoms with Crippen molar-refractivity contribution in [1.29, 1.82) is 0 Å². The summed E-state index contributed by atoms with van der Waals surface area (Å²) in [4.78, 5) is 5.26. The van der Waals surface area contributed by atoms with Gasteiger partial charge >= 0.3 is 0 Å². The van der Waals surface area contributed by atoms with Gasteiger partial charge in [-0.25, -0.2) is 4.68 Å². The predicted molar refractivity (Wildman–Crippen MR) is 114 cm³/mol. The molecule has 5 nitrogen and oxygen atoms in total. The Hall–Kier alpha value is -2.86. The Morgan fingerprint density at radius 3 is 2.54 bits per heavy atom. The van der Waals surface area contributed by atoms with Crippen molar-refractivity contribution in [3.05, 3.63) is 63.3 Å². The van der Waals surface area contributed by atoms with E-state index in [9.17, 15) is 0 Å². The first-order valence-electron chi connectivity index (χ1n) is 9.23. The van der Waals surface area contributed by atoms with Crippen molar-refractivity contribution in [3.8, 4) is 22.8 Å². The highest BCUT2D eigenvalue weighted by atomic mass is 32.1. The average molecular weight is 394 g/mol. The lowest BCUT2D eigenvalue weighted by atomic mass is 10.1. The van der Waals surface area contributed by atoms with Gasteiger partial charge in [0.2, 0.25) is 4.80 Å². The summed E-state index contributed by atoms with van der Waals surface area (Å²) >= 11 is 1.59. The van der Waals surface area contributed by atoms with Crippen LogP contribution >= 0.6 is 11.3 Å². The van der Waals surface area contributed by atoms with Gasteiger partial charge in [-0.05, 0) is 56.2 Å². The van der Waals surface area contributed by atoms with Crippen LogP contribution in [0.5, 0.6) is 11.5 Å². The Kier molecular flexibility index (Phi) is 5.05. The minimum absolute atomic E-state index is 0.571. The van der Waals surface area contributed by atoms with Crippen LogP contribution in [0.25, 0.3) is 11.3 Å². The average Bonchev–Trinajstić information content (AvgIpc) is 3.12. The van der Waals surface area contributed by atoms with Gasteiger partial charge in [-0.1, -0.05) is 12.1 Å². The van der Waals surface area contributed by atoms with Crippen LogP contribution in [0.3, 0.4) is 0 Å². The molecule has 1 aromatic heterocycles. The lowest BCUT2D eigenvalue weighted by molar-refractivity contribution is 0.171. The molecular formula is C22H23N3O2S. The van der Waals surface area contributed by atoms with Crippen molar-refractivity contribution in [1.82, 2.24) is 4.68 Å². The molecule has 0 saturated heterocycles. The van der Waals surface area contributed by atoms with Crippen molar-refractivity contribution in [2.24, 2.45) is 10.1 Å². The zero-order valence-corrected chi connectivity index (χ0v) is 17.3. The fourth-order valence-electron chi connectivity index (χ4n) is 3.12. The summed E-state index contributed by atoms with van der Waals surface area (Å²) in [6.45, 7) is 7.41. The molecule has 1 aliphatic rings. The quantitative estimate of drug-likeness (QED) is 0.619. The fourth-order valence-corrected chi connectivity index (χ4v) is 3.92. The molecule has 0 amide bonds. The number of aromatic nitrogens is 1. The van der Waals surface area contributed by atoms with E-state index < -0.39 is 0 Å². The number of fused-ring (bicyclic) bond motifs is 1. The maximum atomic E-state index is 5.71. The standard InChI is InChI=1S/C22H23N3O2S/c1-14-5-6-18(11-15(14)2)19-13-28-22(23-4)25(19)24-16(3)17-7-8-20-21(12-17)27-10-9-26-20/h5-8,11-13H,9-10H2,1-4H3. The van der Waals surface area contributed by atoms with Crippen molar-refractivity contribution >= 4 is 17.0 Å². The summed E-state index contributed by atoms with van der Waals surface area (Å²) in [5.74, 6) is 1.55. The Balaban J connectivity index is 1.78. The summed E-state index contributed by atoms with van der Waals surface area (Å²) in [5.41, 5.74) is 6.59. The molecule has 6 heteroatoms. The van der Waals surface area contributed by atoms with Gasteiger partial charge in [0.15, 0.2) is 11.5 Å². The highest BCUT2D eigenvalue weighted by molar-refractivity contribution is 7.07. The molecule has 28 heavy (non-hydrogen) atoms. The summed E-state index contributed by atoms with van der Waals surface area (Å²) < 4.78 is 13.2. The van der Waals surface area contributed by atoms with Crippen LogP contribution in [-0.2, 0) is 0 Å². The number of nitrogens with zero attached hydrogens (tertiary/aromatic N) is 3. The van der Waals surface area contributed by atoms with Gasteiger partial charge < -0.3 is 9.47 Å². The third-order valence-corrected chi connectivity index (χ3v) is 5.80. The molecule has 0 bridgehead atoms. The molecule has 0 spiro atoms. The van der Waals surface area contributed by atoms with Gasteiger partial charge in [-0.3, -0.25) is 4.99 Å². The Morgan fingerprint density at radius 2 is 1.79 bits per heavy atom. The van der Waals surface area contributed by atoms with Crippen molar-refractivity contribution in [3.63, 3.8) is 0 Å². The molecule has 0 N–H and O–H groups in total. The minimum Gasteiger partial charge on any atom is -0.486 e. The number of ether oxygens (including phenoxy) is 2. The van der Waals surface area contributed by atoms with E-state index in [-0.39, 0.29) is 0 Å². The molecule has 4 rings (SSSR count). The van der Waals surface area contributed by atoms with Crippen LogP contribution in [0.4, 0.5) is 0 Å². The lowest BCUT2D eigenvalue weighted by Crippen LogP contribution is -2.16. The molecular weight excluding hydrogens is 370 g/mol. The first kappa shape index (κ1) is 18.5. The van der Waals surface area contributed by atoms with E-state index in [4.69, 9.17) is 14.6 Å². The summed E-state index contributed by atoms with van der Waals surface area (Å²) in [5, 5.41) is 7.00. The van der Waals surface area contributed by atoms with Gasteiger partial charge in [0.1, 0.15) is 13.2 Å². The van der Waals surface area contributed by atoms with Crippen LogP contribution < -0.4 is 14.3 Å². The van der Waals surface area contributed by atoms with E-state index in [1.807, 2.05) is 29.8 Å². The van der Waals surface area contributed by atoms with Gasteiger partial charge in [0, 0.05) is 23.6 Å². The van der Waals surface area contributed by atoms with Gasteiger partial charge in [0.25, 0.3) is 0 Å². The van der Waals surface area contributed by atoms with Crippen LogP contribution in [0.15, 0.2) is 51.9 Å². The van der Waals surface area contributed by atoms with Crippen molar-refractivity contribution in [2.75, 3.05) is 20.3 Å². The minimum atomic E-state index is 0.571. The molecule has 0 fully saturated rings. The second-order valence-electron chi connectivity index (χ2n) is 6.78.